The summed E-state index contributed by atoms with van der Waals surface area (Å²) < 4.78 is 17.1. The summed E-state index contributed by atoms with van der Waals surface area (Å²) in [5.41, 5.74) is 1.26. The number of carbonyl (C=O) groups is 1. The number of anilines is 1. The van der Waals surface area contributed by atoms with Gasteiger partial charge in [0.05, 0.1) is 18.9 Å². The van der Waals surface area contributed by atoms with Crippen LogP contribution in [0.5, 0.6) is 11.5 Å². The molecule has 0 radical (unpaired) electrons. The van der Waals surface area contributed by atoms with E-state index >= 15 is 0 Å². The van der Waals surface area contributed by atoms with Gasteiger partial charge in [0.25, 0.3) is 5.91 Å². The van der Waals surface area contributed by atoms with Crippen molar-refractivity contribution in [2.45, 2.75) is 0 Å². The van der Waals surface area contributed by atoms with Crippen molar-refractivity contribution < 1.29 is 18.7 Å². The SMILES string of the molecule is COc1cccc2sc(NC(=O)c3cc4cccc(OC)c4o3)nc12. The van der Waals surface area contributed by atoms with Gasteiger partial charge in [0.15, 0.2) is 22.2 Å². The highest BCUT2D eigenvalue weighted by atomic mass is 32.1. The summed E-state index contributed by atoms with van der Waals surface area (Å²) in [6, 6.07) is 12.8. The second-order valence-corrected chi connectivity index (χ2v) is 6.30. The van der Waals surface area contributed by atoms with Gasteiger partial charge in [-0.05, 0) is 24.3 Å². The maximum Gasteiger partial charge on any atom is 0.293 e. The van der Waals surface area contributed by atoms with E-state index < -0.39 is 0 Å². The standard InChI is InChI=1S/C18H14N2O4S/c1-22-11-6-4-8-14-15(11)19-18(25-14)20-17(21)13-9-10-5-3-7-12(23-2)16(10)24-13/h3-9H,1-2H3,(H,19,20,21). The molecular formula is C18H14N2O4S. The summed E-state index contributed by atoms with van der Waals surface area (Å²) in [4.78, 5) is 16.9. The van der Waals surface area contributed by atoms with Gasteiger partial charge >= 0.3 is 0 Å². The number of rotatable bonds is 4. The number of methoxy groups -OCH3 is 2. The van der Waals surface area contributed by atoms with Gasteiger partial charge in [-0.25, -0.2) is 4.98 Å². The molecule has 0 bridgehead atoms. The van der Waals surface area contributed by atoms with Gasteiger partial charge in [-0.15, -0.1) is 0 Å². The third-order valence-corrected chi connectivity index (χ3v) is 4.71. The molecule has 7 heteroatoms. The average Bonchev–Trinajstić information content (AvgIpc) is 3.24. The van der Waals surface area contributed by atoms with E-state index in [2.05, 4.69) is 10.3 Å². The van der Waals surface area contributed by atoms with Crippen molar-refractivity contribution in [3.8, 4) is 11.5 Å². The molecule has 0 fully saturated rings. The normalized spacial score (nSPS) is 11.0. The first-order valence-corrected chi connectivity index (χ1v) is 8.32. The predicted octanol–water partition coefficient (Wildman–Crippen LogP) is 4.31. The van der Waals surface area contributed by atoms with Crippen molar-refractivity contribution in [1.29, 1.82) is 0 Å². The van der Waals surface area contributed by atoms with Crippen molar-refractivity contribution in [2.75, 3.05) is 19.5 Å². The zero-order valence-electron chi connectivity index (χ0n) is 13.5. The minimum absolute atomic E-state index is 0.200. The van der Waals surface area contributed by atoms with Crippen LogP contribution in [0.3, 0.4) is 0 Å². The Morgan fingerprint density at radius 1 is 1.12 bits per heavy atom. The topological polar surface area (TPSA) is 73.6 Å². The van der Waals surface area contributed by atoms with Crippen LogP contribution in [0.25, 0.3) is 21.2 Å². The number of ether oxygens (including phenoxy) is 2. The predicted molar refractivity (Wildman–Crippen MR) is 96.9 cm³/mol. The van der Waals surface area contributed by atoms with E-state index in [1.165, 1.54) is 11.3 Å². The molecule has 1 amide bonds. The van der Waals surface area contributed by atoms with Gasteiger partial charge in [0.1, 0.15) is 11.3 Å². The summed E-state index contributed by atoms with van der Waals surface area (Å²) in [5.74, 6) is 1.09. The average molecular weight is 354 g/mol. The Hall–Kier alpha value is -3.06. The molecule has 126 valence electrons. The number of furan rings is 1. The number of hydrogen-bond acceptors (Lipinski definition) is 6. The number of carbonyl (C=O) groups excluding carboxylic acids is 1. The molecule has 0 saturated heterocycles. The molecule has 2 aromatic heterocycles. The van der Waals surface area contributed by atoms with E-state index in [9.17, 15) is 4.79 Å². The molecular weight excluding hydrogens is 340 g/mol. The van der Waals surface area contributed by atoms with Crippen LogP contribution in [0.15, 0.2) is 46.9 Å². The van der Waals surface area contributed by atoms with Crippen LogP contribution in [-0.2, 0) is 0 Å². The highest BCUT2D eigenvalue weighted by Gasteiger charge is 2.17. The van der Waals surface area contributed by atoms with Crippen LogP contribution in [0.2, 0.25) is 0 Å². The maximum atomic E-state index is 12.5. The highest BCUT2D eigenvalue weighted by Crippen LogP contribution is 2.33. The van der Waals surface area contributed by atoms with E-state index in [1.807, 2.05) is 30.3 Å². The minimum atomic E-state index is -0.365. The Morgan fingerprint density at radius 3 is 2.68 bits per heavy atom. The molecule has 4 aromatic rings. The lowest BCUT2D eigenvalue weighted by Crippen LogP contribution is -2.10. The molecule has 2 aromatic carbocycles. The van der Waals surface area contributed by atoms with Crippen LogP contribution in [0, 0.1) is 0 Å². The fraction of sp³-hybridized carbons (Fsp3) is 0.111. The monoisotopic (exact) mass is 354 g/mol. The molecule has 2 heterocycles. The lowest BCUT2D eigenvalue weighted by atomic mass is 10.2. The highest BCUT2D eigenvalue weighted by molar-refractivity contribution is 7.22. The third kappa shape index (κ3) is 2.68. The van der Waals surface area contributed by atoms with Crippen LogP contribution in [0.1, 0.15) is 10.6 Å². The molecule has 4 rings (SSSR count). The number of nitrogens with one attached hydrogen (secondary N) is 1. The second-order valence-electron chi connectivity index (χ2n) is 5.27. The number of hydrogen-bond donors (Lipinski definition) is 1. The number of thiazole rings is 1. The van der Waals surface area contributed by atoms with Gasteiger partial charge in [-0.1, -0.05) is 29.5 Å². The minimum Gasteiger partial charge on any atom is -0.494 e. The Morgan fingerprint density at radius 2 is 1.88 bits per heavy atom. The summed E-state index contributed by atoms with van der Waals surface area (Å²) >= 11 is 1.37. The van der Waals surface area contributed by atoms with Crippen molar-refractivity contribution >= 4 is 43.6 Å². The number of benzene rings is 2. The van der Waals surface area contributed by atoms with E-state index in [0.717, 1.165) is 15.6 Å². The van der Waals surface area contributed by atoms with Gasteiger partial charge in [-0.2, -0.15) is 0 Å². The van der Waals surface area contributed by atoms with Crippen LogP contribution in [-0.4, -0.2) is 25.1 Å². The van der Waals surface area contributed by atoms with Crippen molar-refractivity contribution in [2.24, 2.45) is 0 Å². The molecule has 0 unspecified atom stereocenters. The van der Waals surface area contributed by atoms with Crippen LogP contribution < -0.4 is 14.8 Å². The van der Waals surface area contributed by atoms with Gasteiger partial charge in [0.2, 0.25) is 0 Å². The fourth-order valence-electron chi connectivity index (χ4n) is 2.61. The summed E-state index contributed by atoms with van der Waals surface area (Å²) in [6.45, 7) is 0. The van der Waals surface area contributed by atoms with Crippen molar-refractivity contribution in [3.63, 3.8) is 0 Å². The van der Waals surface area contributed by atoms with Gasteiger partial charge in [-0.3, -0.25) is 10.1 Å². The fourth-order valence-corrected chi connectivity index (χ4v) is 3.49. The Balaban J connectivity index is 1.66. The molecule has 0 aliphatic carbocycles. The molecule has 6 nitrogen and oxygen atoms in total. The molecule has 0 spiro atoms. The number of nitrogens with zero attached hydrogens (tertiary/aromatic N) is 1. The zero-order valence-corrected chi connectivity index (χ0v) is 14.3. The molecule has 25 heavy (non-hydrogen) atoms. The quantitative estimate of drug-likeness (QED) is 0.591. The summed E-state index contributed by atoms with van der Waals surface area (Å²) in [6.07, 6.45) is 0. The van der Waals surface area contributed by atoms with E-state index in [-0.39, 0.29) is 11.7 Å². The van der Waals surface area contributed by atoms with Crippen molar-refractivity contribution in [3.05, 3.63) is 48.2 Å². The third-order valence-electron chi connectivity index (χ3n) is 3.77. The first-order chi connectivity index (χ1) is 12.2. The first kappa shape index (κ1) is 15.5. The molecule has 0 aliphatic heterocycles. The molecule has 0 saturated carbocycles. The lowest BCUT2D eigenvalue weighted by Gasteiger charge is -1.99. The van der Waals surface area contributed by atoms with E-state index in [4.69, 9.17) is 13.9 Å². The number of fused-ring (bicyclic) bond motifs is 2. The lowest BCUT2D eigenvalue weighted by molar-refractivity contribution is 0.0998. The number of aromatic nitrogens is 1. The van der Waals surface area contributed by atoms with E-state index in [0.29, 0.717) is 22.2 Å². The Kier molecular flexibility index (Phi) is 3.77. The second kappa shape index (κ2) is 6.10. The van der Waals surface area contributed by atoms with Gasteiger partial charge < -0.3 is 13.9 Å². The van der Waals surface area contributed by atoms with Gasteiger partial charge in [0, 0.05) is 5.39 Å². The van der Waals surface area contributed by atoms with Crippen LogP contribution >= 0.6 is 11.3 Å². The molecule has 0 aliphatic rings. The Labute approximate surface area is 147 Å². The molecule has 1 N–H and O–H groups in total. The maximum absolute atomic E-state index is 12.5. The largest absolute Gasteiger partial charge is 0.494 e. The summed E-state index contributed by atoms with van der Waals surface area (Å²) in [5, 5.41) is 4.06. The smallest absolute Gasteiger partial charge is 0.293 e. The Bertz CT molecular complexity index is 1080. The van der Waals surface area contributed by atoms with Crippen LogP contribution in [0.4, 0.5) is 5.13 Å². The number of para-hydroxylation sites is 2. The zero-order chi connectivity index (χ0) is 17.4. The van der Waals surface area contributed by atoms with E-state index in [1.54, 1.807) is 26.4 Å². The summed E-state index contributed by atoms with van der Waals surface area (Å²) in [7, 11) is 3.15. The van der Waals surface area contributed by atoms with Crippen molar-refractivity contribution in [1.82, 2.24) is 4.98 Å². The first-order valence-electron chi connectivity index (χ1n) is 7.51. The molecule has 0 atom stereocenters. The number of amides is 1.